The van der Waals surface area contributed by atoms with Crippen molar-refractivity contribution in [1.82, 2.24) is 4.98 Å². The van der Waals surface area contributed by atoms with Crippen LogP contribution in [0.2, 0.25) is 0 Å². The third-order valence-corrected chi connectivity index (χ3v) is 3.45. The van der Waals surface area contributed by atoms with E-state index in [1.54, 1.807) is 6.07 Å². The van der Waals surface area contributed by atoms with Crippen LogP contribution in [-0.2, 0) is 0 Å². The van der Waals surface area contributed by atoms with Crippen molar-refractivity contribution in [1.29, 1.82) is 0 Å². The maximum absolute atomic E-state index is 11.2. The van der Waals surface area contributed by atoms with Gasteiger partial charge in [-0.2, -0.15) is 0 Å². The number of nitrogens with one attached hydrogen (secondary N) is 1. The first-order chi connectivity index (χ1) is 10.1. The van der Waals surface area contributed by atoms with Gasteiger partial charge in [0.15, 0.2) is 5.82 Å². The van der Waals surface area contributed by atoms with E-state index in [0.717, 1.165) is 17.7 Å². The number of primary amides is 1. The van der Waals surface area contributed by atoms with Crippen molar-refractivity contribution in [2.45, 2.75) is 12.5 Å². The topological polar surface area (TPSA) is 103 Å². The molecule has 0 fully saturated rings. The molecule has 1 aliphatic heterocycles. The highest BCUT2D eigenvalue weighted by atomic mass is 16.5. The van der Waals surface area contributed by atoms with Crippen LogP contribution in [0.25, 0.3) is 0 Å². The molecule has 0 bridgehead atoms. The molecule has 108 valence electrons. The van der Waals surface area contributed by atoms with Crippen LogP contribution in [-0.4, -0.2) is 17.5 Å². The van der Waals surface area contributed by atoms with Crippen LogP contribution in [0.1, 0.15) is 28.5 Å². The van der Waals surface area contributed by atoms with Gasteiger partial charge in [-0.05, 0) is 18.2 Å². The fourth-order valence-electron chi connectivity index (χ4n) is 2.38. The summed E-state index contributed by atoms with van der Waals surface area (Å²) in [6.07, 6.45) is 0.791. The molecule has 0 spiro atoms. The van der Waals surface area contributed by atoms with Gasteiger partial charge in [0.2, 0.25) is 0 Å². The van der Waals surface area contributed by atoms with Crippen molar-refractivity contribution in [2.75, 3.05) is 17.7 Å². The third-order valence-electron chi connectivity index (χ3n) is 3.45. The highest BCUT2D eigenvalue weighted by molar-refractivity contribution is 5.91. The Morgan fingerprint density at radius 3 is 2.90 bits per heavy atom. The Hall–Kier alpha value is -2.76. The molecule has 0 aliphatic carbocycles. The fourth-order valence-corrected chi connectivity index (χ4v) is 2.38. The molecule has 21 heavy (non-hydrogen) atoms. The molecule has 0 saturated heterocycles. The summed E-state index contributed by atoms with van der Waals surface area (Å²) < 4.78 is 5.62. The van der Waals surface area contributed by atoms with Gasteiger partial charge in [0.25, 0.3) is 5.91 Å². The van der Waals surface area contributed by atoms with E-state index in [4.69, 9.17) is 16.2 Å². The van der Waals surface area contributed by atoms with Crippen LogP contribution in [0.5, 0.6) is 5.75 Å². The number of anilines is 2. The van der Waals surface area contributed by atoms with Crippen LogP contribution < -0.4 is 21.5 Å². The van der Waals surface area contributed by atoms with Crippen LogP contribution >= 0.6 is 0 Å². The van der Waals surface area contributed by atoms with E-state index in [9.17, 15) is 4.79 Å². The number of hydrogen-bond acceptors (Lipinski definition) is 5. The Kier molecular flexibility index (Phi) is 3.35. The number of pyridine rings is 1. The van der Waals surface area contributed by atoms with Crippen molar-refractivity contribution >= 4 is 17.4 Å². The summed E-state index contributed by atoms with van der Waals surface area (Å²) in [7, 11) is 0. The van der Waals surface area contributed by atoms with Crippen molar-refractivity contribution in [3.8, 4) is 5.75 Å². The first kappa shape index (κ1) is 13.2. The van der Waals surface area contributed by atoms with E-state index >= 15 is 0 Å². The number of carbonyl (C=O) groups is 1. The summed E-state index contributed by atoms with van der Waals surface area (Å²) in [5, 5.41) is 3.28. The number of nitrogens with zero attached hydrogens (tertiary/aromatic N) is 1. The maximum atomic E-state index is 11.2. The maximum Gasteiger partial charge on any atom is 0.267 e. The average Bonchev–Trinajstić information content (AvgIpc) is 2.49. The number of amides is 1. The summed E-state index contributed by atoms with van der Waals surface area (Å²) in [5.41, 5.74) is 12.9. The largest absolute Gasteiger partial charge is 0.493 e. The second kappa shape index (κ2) is 5.32. The van der Waals surface area contributed by atoms with Gasteiger partial charge >= 0.3 is 0 Å². The number of aromatic nitrogens is 1. The average molecular weight is 284 g/mol. The number of nitrogen functional groups attached to an aromatic ring is 1. The summed E-state index contributed by atoms with van der Waals surface area (Å²) in [6, 6.07) is 11.0. The third kappa shape index (κ3) is 2.60. The molecule has 1 amide bonds. The number of para-hydroxylation sites is 1. The van der Waals surface area contributed by atoms with Crippen molar-refractivity contribution in [3.05, 3.63) is 47.7 Å². The molecule has 6 nitrogen and oxygen atoms in total. The quantitative estimate of drug-likeness (QED) is 0.796. The lowest BCUT2D eigenvalue weighted by molar-refractivity contribution is 0.0995. The van der Waals surface area contributed by atoms with Gasteiger partial charge in [-0.1, -0.05) is 18.2 Å². The lowest BCUT2D eigenvalue weighted by atomic mass is 10.0. The van der Waals surface area contributed by atoms with E-state index in [0.29, 0.717) is 18.1 Å². The van der Waals surface area contributed by atoms with Crippen LogP contribution in [0.15, 0.2) is 36.4 Å². The number of ether oxygens (including phenoxy) is 1. The lowest BCUT2D eigenvalue weighted by Crippen LogP contribution is -2.22. The van der Waals surface area contributed by atoms with Crippen molar-refractivity contribution in [3.63, 3.8) is 0 Å². The Morgan fingerprint density at radius 2 is 2.10 bits per heavy atom. The molecule has 5 N–H and O–H groups in total. The number of hydrogen-bond donors (Lipinski definition) is 3. The molecule has 1 atom stereocenters. The molecule has 0 radical (unpaired) electrons. The number of fused-ring (bicyclic) bond motifs is 1. The first-order valence-electron chi connectivity index (χ1n) is 6.70. The molecule has 1 aromatic heterocycles. The van der Waals surface area contributed by atoms with Gasteiger partial charge in [-0.25, -0.2) is 4.98 Å². The standard InChI is InChI=1S/C15H16N4O2/c16-10-5-6-12(14(17)20)19-15(10)18-11-7-8-21-13-4-2-1-3-9(11)13/h1-6,11H,7-8,16H2,(H2,17,20)(H,18,19). The molecular weight excluding hydrogens is 268 g/mol. The second-order valence-electron chi connectivity index (χ2n) is 4.87. The second-order valence-corrected chi connectivity index (χ2v) is 4.87. The Morgan fingerprint density at radius 1 is 1.29 bits per heavy atom. The fraction of sp³-hybridized carbons (Fsp3) is 0.200. The van der Waals surface area contributed by atoms with E-state index in [-0.39, 0.29) is 11.7 Å². The van der Waals surface area contributed by atoms with Gasteiger partial charge in [0, 0.05) is 12.0 Å². The number of nitrogens with two attached hydrogens (primary N) is 2. The summed E-state index contributed by atoms with van der Waals surface area (Å²) >= 11 is 0. The summed E-state index contributed by atoms with van der Waals surface area (Å²) in [6.45, 7) is 0.615. The Labute approximate surface area is 122 Å². The molecule has 1 unspecified atom stereocenters. The minimum atomic E-state index is -0.578. The zero-order valence-corrected chi connectivity index (χ0v) is 11.4. The number of benzene rings is 1. The van der Waals surface area contributed by atoms with Gasteiger partial charge < -0.3 is 21.5 Å². The lowest BCUT2D eigenvalue weighted by Gasteiger charge is -2.27. The van der Waals surface area contributed by atoms with E-state index < -0.39 is 5.91 Å². The Bertz CT molecular complexity index is 687. The zero-order valence-electron chi connectivity index (χ0n) is 11.4. The molecule has 3 rings (SSSR count). The minimum Gasteiger partial charge on any atom is -0.493 e. The first-order valence-corrected chi connectivity index (χ1v) is 6.70. The van der Waals surface area contributed by atoms with Crippen molar-refractivity contribution in [2.24, 2.45) is 5.73 Å². The summed E-state index contributed by atoms with van der Waals surface area (Å²) in [4.78, 5) is 15.4. The minimum absolute atomic E-state index is 0.0351. The molecule has 6 heteroatoms. The van der Waals surface area contributed by atoms with E-state index in [1.165, 1.54) is 6.07 Å². The molecule has 2 heterocycles. The van der Waals surface area contributed by atoms with Crippen LogP contribution in [0, 0.1) is 0 Å². The van der Waals surface area contributed by atoms with E-state index in [2.05, 4.69) is 10.3 Å². The van der Waals surface area contributed by atoms with Crippen LogP contribution in [0.3, 0.4) is 0 Å². The molecule has 1 aromatic carbocycles. The van der Waals surface area contributed by atoms with Gasteiger partial charge in [-0.15, -0.1) is 0 Å². The highest BCUT2D eigenvalue weighted by Gasteiger charge is 2.22. The van der Waals surface area contributed by atoms with Gasteiger partial charge in [0.05, 0.1) is 18.3 Å². The predicted molar refractivity (Wildman–Crippen MR) is 80.1 cm³/mol. The van der Waals surface area contributed by atoms with Crippen LogP contribution in [0.4, 0.5) is 11.5 Å². The molecular formula is C15H16N4O2. The predicted octanol–water partition coefficient (Wildman–Crippen LogP) is 1.70. The van der Waals surface area contributed by atoms with E-state index in [1.807, 2.05) is 24.3 Å². The molecule has 0 saturated carbocycles. The normalized spacial score (nSPS) is 16.7. The Balaban J connectivity index is 1.91. The van der Waals surface area contributed by atoms with Crippen molar-refractivity contribution < 1.29 is 9.53 Å². The monoisotopic (exact) mass is 284 g/mol. The number of rotatable bonds is 3. The smallest absolute Gasteiger partial charge is 0.267 e. The van der Waals surface area contributed by atoms with Gasteiger partial charge in [0.1, 0.15) is 11.4 Å². The molecule has 1 aliphatic rings. The van der Waals surface area contributed by atoms with Gasteiger partial charge in [-0.3, -0.25) is 4.79 Å². The number of carbonyl (C=O) groups excluding carboxylic acids is 1. The summed E-state index contributed by atoms with van der Waals surface area (Å²) in [5.74, 6) is 0.740. The molecule has 2 aromatic rings. The zero-order chi connectivity index (χ0) is 14.8. The SMILES string of the molecule is NC(=O)c1ccc(N)c(NC2CCOc3ccccc32)n1. The highest BCUT2D eigenvalue weighted by Crippen LogP contribution is 2.34.